The molecular weight excluding hydrogens is 425 g/mol. The molecule has 0 aliphatic carbocycles. The van der Waals surface area contributed by atoms with E-state index in [1.165, 1.54) is 18.5 Å². The first-order valence-corrected chi connectivity index (χ1v) is 10.6. The maximum atomic E-state index is 13.3. The minimum Gasteiger partial charge on any atom is -0.484 e. The molecule has 0 atom stereocenters. The smallest absolute Gasteiger partial charge is 0.260 e. The number of halogens is 1. The van der Waals surface area contributed by atoms with Crippen molar-refractivity contribution in [2.75, 3.05) is 37.7 Å². The van der Waals surface area contributed by atoms with Gasteiger partial charge in [-0.15, -0.1) is 5.10 Å². The molecule has 1 aliphatic heterocycles. The van der Waals surface area contributed by atoms with E-state index in [2.05, 4.69) is 25.2 Å². The summed E-state index contributed by atoms with van der Waals surface area (Å²) >= 11 is 0. The van der Waals surface area contributed by atoms with Crippen molar-refractivity contribution in [2.24, 2.45) is 0 Å². The molecule has 1 fully saturated rings. The monoisotopic (exact) mass is 447 g/mol. The highest BCUT2D eigenvalue weighted by Gasteiger charge is 2.25. The molecule has 33 heavy (non-hydrogen) atoms. The Hall–Kier alpha value is -4.08. The number of aryl methyl sites for hydroxylation is 1. The highest BCUT2D eigenvalue weighted by Crippen LogP contribution is 2.24. The maximum absolute atomic E-state index is 13.3. The van der Waals surface area contributed by atoms with Crippen molar-refractivity contribution in [1.29, 1.82) is 0 Å². The molecule has 9 nitrogen and oxygen atoms in total. The average molecular weight is 447 g/mol. The number of hydrogen-bond acceptors (Lipinski definition) is 7. The summed E-state index contributed by atoms with van der Waals surface area (Å²) < 4.78 is 20.5. The number of carbonyl (C=O) groups excluding carboxylic acids is 1. The van der Waals surface area contributed by atoms with E-state index < -0.39 is 0 Å². The lowest BCUT2D eigenvalue weighted by molar-refractivity contribution is -0.133. The second-order valence-corrected chi connectivity index (χ2v) is 7.77. The van der Waals surface area contributed by atoms with Crippen LogP contribution < -0.4 is 9.64 Å². The number of para-hydroxylation sites is 1. The van der Waals surface area contributed by atoms with Crippen LogP contribution in [0.5, 0.6) is 5.75 Å². The van der Waals surface area contributed by atoms with E-state index in [1.807, 2.05) is 31.2 Å². The van der Waals surface area contributed by atoms with Gasteiger partial charge in [-0.25, -0.2) is 14.4 Å². The summed E-state index contributed by atoms with van der Waals surface area (Å²) in [5.74, 6) is 1.01. The fourth-order valence-corrected chi connectivity index (χ4v) is 3.84. The Kier molecular flexibility index (Phi) is 5.55. The van der Waals surface area contributed by atoms with Gasteiger partial charge in [0.2, 0.25) is 0 Å². The van der Waals surface area contributed by atoms with Crippen molar-refractivity contribution in [1.82, 2.24) is 29.9 Å². The molecule has 5 rings (SSSR count). The molecular formula is C23H22FN7O2. The van der Waals surface area contributed by atoms with Crippen LogP contribution in [0.15, 0.2) is 54.9 Å². The SMILES string of the molecule is Cc1ccccc1OCC(=O)N1CCN(c2ncnc3c2nnn3-c2ccc(F)cc2)CC1. The number of nitrogens with zero attached hydrogens (tertiary/aromatic N) is 7. The first-order chi connectivity index (χ1) is 16.1. The van der Waals surface area contributed by atoms with Crippen LogP contribution in [0, 0.1) is 12.7 Å². The summed E-state index contributed by atoms with van der Waals surface area (Å²) in [5.41, 5.74) is 2.76. The molecule has 2 aromatic heterocycles. The quantitative estimate of drug-likeness (QED) is 0.464. The van der Waals surface area contributed by atoms with Gasteiger partial charge in [0.1, 0.15) is 17.9 Å². The molecule has 1 aliphatic rings. The summed E-state index contributed by atoms with van der Waals surface area (Å²) in [6, 6.07) is 13.6. The molecule has 0 spiro atoms. The van der Waals surface area contributed by atoms with Crippen molar-refractivity contribution >= 4 is 22.9 Å². The van der Waals surface area contributed by atoms with Crippen LogP contribution in [0.25, 0.3) is 16.9 Å². The Morgan fingerprint density at radius 3 is 2.55 bits per heavy atom. The number of aromatic nitrogens is 5. The average Bonchev–Trinajstić information content (AvgIpc) is 3.28. The van der Waals surface area contributed by atoms with E-state index in [0.29, 0.717) is 48.8 Å². The van der Waals surface area contributed by atoms with Gasteiger partial charge in [-0.05, 0) is 42.8 Å². The van der Waals surface area contributed by atoms with Crippen molar-refractivity contribution in [3.05, 3.63) is 66.2 Å². The summed E-state index contributed by atoms with van der Waals surface area (Å²) in [4.78, 5) is 25.2. The van der Waals surface area contributed by atoms with E-state index in [4.69, 9.17) is 4.74 Å². The van der Waals surface area contributed by atoms with Gasteiger partial charge in [0.05, 0.1) is 5.69 Å². The Labute approximate surface area is 189 Å². The van der Waals surface area contributed by atoms with Crippen LogP contribution in [0.1, 0.15) is 5.56 Å². The molecule has 10 heteroatoms. The third-order valence-electron chi connectivity index (χ3n) is 5.67. The molecule has 0 saturated carbocycles. The predicted molar refractivity (Wildman–Crippen MR) is 120 cm³/mol. The van der Waals surface area contributed by atoms with Crippen molar-refractivity contribution in [2.45, 2.75) is 6.92 Å². The zero-order valence-corrected chi connectivity index (χ0v) is 18.1. The Bertz CT molecular complexity index is 1280. The summed E-state index contributed by atoms with van der Waals surface area (Å²) in [6.45, 7) is 4.26. The lowest BCUT2D eigenvalue weighted by atomic mass is 10.2. The van der Waals surface area contributed by atoms with Gasteiger partial charge < -0.3 is 14.5 Å². The van der Waals surface area contributed by atoms with E-state index in [0.717, 1.165) is 11.3 Å². The molecule has 3 heterocycles. The minimum atomic E-state index is -0.324. The first kappa shape index (κ1) is 20.8. The normalized spacial score (nSPS) is 14.0. The Balaban J connectivity index is 1.26. The van der Waals surface area contributed by atoms with Gasteiger partial charge in [0.25, 0.3) is 5.91 Å². The molecule has 0 N–H and O–H groups in total. The van der Waals surface area contributed by atoms with Crippen LogP contribution in [-0.4, -0.2) is 68.6 Å². The molecule has 0 bridgehead atoms. The van der Waals surface area contributed by atoms with Crippen LogP contribution in [-0.2, 0) is 4.79 Å². The Morgan fingerprint density at radius 2 is 1.79 bits per heavy atom. The van der Waals surface area contributed by atoms with Crippen LogP contribution in [0.3, 0.4) is 0 Å². The fourth-order valence-electron chi connectivity index (χ4n) is 3.84. The number of carbonyl (C=O) groups is 1. The number of ether oxygens (including phenoxy) is 1. The van der Waals surface area contributed by atoms with Crippen molar-refractivity contribution in [3.63, 3.8) is 0 Å². The van der Waals surface area contributed by atoms with Gasteiger partial charge in [-0.1, -0.05) is 23.4 Å². The van der Waals surface area contributed by atoms with Gasteiger partial charge >= 0.3 is 0 Å². The second kappa shape index (κ2) is 8.81. The molecule has 168 valence electrons. The number of amides is 1. The number of piperazine rings is 1. The van der Waals surface area contributed by atoms with Crippen molar-refractivity contribution in [3.8, 4) is 11.4 Å². The summed E-state index contributed by atoms with van der Waals surface area (Å²) in [6.07, 6.45) is 1.47. The lowest BCUT2D eigenvalue weighted by Crippen LogP contribution is -2.50. The van der Waals surface area contributed by atoms with E-state index in [1.54, 1.807) is 21.7 Å². The third kappa shape index (κ3) is 4.19. The third-order valence-corrected chi connectivity index (χ3v) is 5.67. The lowest BCUT2D eigenvalue weighted by Gasteiger charge is -2.35. The summed E-state index contributed by atoms with van der Waals surface area (Å²) in [7, 11) is 0. The maximum Gasteiger partial charge on any atom is 0.260 e. The van der Waals surface area contributed by atoms with Gasteiger partial charge in [-0.3, -0.25) is 4.79 Å². The molecule has 1 amide bonds. The molecule has 2 aromatic carbocycles. The molecule has 0 radical (unpaired) electrons. The van der Waals surface area contributed by atoms with Crippen LogP contribution in [0.2, 0.25) is 0 Å². The number of benzene rings is 2. The fraction of sp³-hybridized carbons (Fsp3) is 0.261. The second-order valence-electron chi connectivity index (χ2n) is 7.77. The van der Waals surface area contributed by atoms with Crippen LogP contribution >= 0.6 is 0 Å². The standard InChI is InChI=1S/C23H22FN7O2/c1-16-4-2-3-5-19(16)33-14-20(32)29-10-12-30(13-11-29)22-21-23(26-15-25-22)31(28-27-21)18-8-6-17(24)7-9-18/h2-9,15H,10-14H2,1H3. The molecule has 0 unspecified atom stereocenters. The highest BCUT2D eigenvalue weighted by atomic mass is 19.1. The highest BCUT2D eigenvalue weighted by molar-refractivity contribution is 5.84. The van der Waals surface area contributed by atoms with Gasteiger partial charge in [0, 0.05) is 26.2 Å². The van der Waals surface area contributed by atoms with Gasteiger partial charge in [-0.2, -0.15) is 4.68 Å². The number of rotatable bonds is 5. The number of fused-ring (bicyclic) bond motifs is 1. The first-order valence-electron chi connectivity index (χ1n) is 10.6. The topological polar surface area (TPSA) is 89.3 Å². The molecule has 1 saturated heterocycles. The number of anilines is 1. The minimum absolute atomic E-state index is 0.00853. The van der Waals surface area contributed by atoms with Crippen LogP contribution in [0.4, 0.5) is 10.2 Å². The largest absolute Gasteiger partial charge is 0.484 e. The zero-order chi connectivity index (χ0) is 22.8. The van der Waals surface area contributed by atoms with E-state index >= 15 is 0 Å². The van der Waals surface area contributed by atoms with E-state index in [-0.39, 0.29) is 18.3 Å². The predicted octanol–water partition coefficient (Wildman–Crippen LogP) is 2.39. The summed E-state index contributed by atoms with van der Waals surface area (Å²) in [5, 5.41) is 8.46. The van der Waals surface area contributed by atoms with Gasteiger partial charge in [0.15, 0.2) is 23.6 Å². The van der Waals surface area contributed by atoms with E-state index in [9.17, 15) is 9.18 Å². The Morgan fingerprint density at radius 1 is 1.03 bits per heavy atom. The van der Waals surface area contributed by atoms with Crippen molar-refractivity contribution < 1.29 is 13.9 Å². The zero-order valence-electron chi connectivity index (χ0n) is 18.1. The number of hydrogen-bond donors (Lipinski definition) is 0. The molecule has 4 aromatic rings.